The van der Waals surface area contributed by atoms with Crippen molar-refractivity contribution in [2.75, 3.05) is 13.2 Å². The van der Waals surface area contributed by atoms with Crippen LogP contribution in [-0.4, -0.2) is 31.1 Å². The molecule has 3 N–H and O–H groups in total. The predicted molar refractivity (Wildman–Crippen MR) is 140 cm³/mol. The Hall–Kier alpha value is -1.10. The number of carbonyl (C=O) groups is 2. The Morgan fingerprint density at radius 3 is 1.64 bits per heavy atom. The zero-order valence-corrected chi connectivity index (χ0v) is 22.1. The zero-order valence-electron chi connectivity index (χ0n) is 22.1. The first-order chi connectivity index (χ1) is 16.2. The van der Waals surface area contributed by atoms with E-state index in [1.54, 1.807) is 0 Å². The van der Waals surface area contributed by atoms with Crippen LogP contribution in [0.25, 0.3) is 0 Å². The van der Waals surface area contributed by atoms with Gasteiger partial charge in [0.25, 0.3) is 0 Å². The first kappa shape index (κ1) is 31.9. The van der Waals surface area contributed by atoms with Crippen molar-refractivity contribution in [3.05, 3.63) is 0 Å². The molecule has 5 heteroatoms. The molecule has 0 bridgehead atoms. The van der Waals surface area contributed by atoms with E-state index < -0.39 is 6.04 Å². The van der Waals surface area contributed by atoms with E-state index in [4.69, 9.17) is 10.5 Å². The lowest BCUT2D eigenvalue weighted by Gasteiger charge is -2.17. The van der Waals surface area contributed by atoms with Crippen LogP contribution < -0.4 is 11.1 Å². The third-order valence-corrected chi connectivity index (χ3v) is 6.32. The highest BCUT2D eigenvalue weighted by molar-refractivity contribution is 5.84. The molecule has 0 aromatic rings. The summed E-state index contributed by atoms with van der Waals surface area (Å²) >= 11 is 0. The van der Waals surface area contributed by atoms with Gasteiger partial charge in [-0.1, -0.05) is 110 Å². The summed E-state index contributed by atoms with van der Waals surface area (Å²) in [7, 11) is 0. The molecule has 0 aliphatic carbocycles. The number of rotatable bonds is 25. The SMILES string of the molecule is CCCCCCCCCCCCCCCCCC(=O)NC(CCCCN)C(=O)OCCCC. The van der Waals surface area contributed by atoms with Gasteiger partial charge in [-0.05, 0) is 38.6 Å². The summed E-state index contributed by atoms with van der Waals surface area (Å²) in [6.45, 7) is 5.36. The molecular formula is C28H56N2O3. The highest BCUT2D eigenvalue weighted by atomic mass is 16.5. The lowest BCUT2D eigenvalue weighted by molar-refractivity contribution is -0.148. The van der Waals surface area contributed by atoms with E-state index in [0.717, 1.165) is 38.5 Å². The minimum atomic E-state index is -0.530. The van der Waals surface area contributed by atoms with Crippen LogP contribution in [0.4, 0.5) is 0 Å². The van der Waals surface area contributed by atoms with Gasteiger partial charge >= 0.3 is 5.97 Å². The predicted octanol–water partition coefficient (Wildman–Crippen LogP) is 7.21. The van der Waals surface area contributed by atoms with Gasteiger partial charge in [0.1, 0.15) is 6.04 Å². The summed E-state index contributed by atoms with van der Waals surface area (Å²) in [5.74, 6) is -0.333. The molecule has 0 saturated heterocycles. The van der Waals surface area contributed by atoms with Crippen molar-refractivity contribution in [1.29, 1.82) is 0 Å². The molecule has 1 unspecified atom stereocenters. The molecule has 0 aliphatic rings. The Balaban J connectivity index is 3.70. The fraction of sp³-hybridized carbons (Fsp3) is 0.929. The number of amides is 1. The third kappa shape index (κ3) is 22.5. The van der Waals surface area contributed by atoms with Crippen LogP contribution in [0.15, 0.2) is 0 Å². The Bertz CT molecular complexity index is 443. The Morgan fingerprint density at radius 2 is 1.15 bits per heavy atom. The quantitative estimate of drug-likeness (QED) is 0.110. The molecule has 0 saturated carbocycles. The van der Waals surface area contributed by atoms with E-state index in [1.807, 2.05) is 0 Å². The molecule has 0 spiro atoms. The summed E-state index contributed by atoms with van der Waals surface area (Å²) < 4.78 is 5.32. The molecule has 0 radical (unpaired) electrons. The van der Waals surface area contributed by atoms with E-state index in [0.29, 0.717) is 26.0 Å². The maximum Gasteiger partial charge on any atom is 0.328 e. The summed E-state index contributed by atoms with van der Waals surface area (Å²) in [5.41, 5.74) is 5.56. The molecular weight excluding hydrogens is 412 g/mol. The largest absolute Gasteiger partial charge is 0.464 e. The van der Waals surface area contributed by atoms with Crippen molar-refractivity contribution in [3.63, 3.8) is 0 Å². The number of esters is 1. The van der Waals surface area contributed by atoms with Crippen LogP contribution in [0, 0.1) is 0 Å². The van der Waals surface area contributed by atoms with Crippen molar-refractivity contribution in [1.82, 2.24) is 5.32 Å². The number of ether oxygens (including phenoxy) is 1. The molecule has 0 aromatic carbocycles. The van der Waals surface area contributed by atoms with Crippen LogP contribution in [0.1, 0.15) is 149 Å². The van der Waals surface area contributed by atoms with Gasteiger partial charge in [-0.25, -0.2) is 4.79 Å². The number of nitrogens with one attached hydrogen (secondary N) is 1. The Kier molecular flexibility index (Phi) is 24.7. The third-order valence-electron chi connectivity index (χ3n) is 6.32. The highest BCUT2D eigenvalue weighted by Crippen LogP contribution is 2.14. The molecule has 0 rings (SSSR count). The van der Waals surface area contributed by atoms with Gasteiger partial charge in [-0.3, -0.25) is 4.79 Å². The summed E-state index contributed by atoms with van der Waals surface area (Å²) in [6.07, 6.45) is 24.3. The van der Waals surface area contributed by atoms with Crippen LogP contribution in [-0.2, 0) is 14.3 Å². The average Bonchev–Trinajstić information content (AvgIpc) is 2.81. The van der Waals surface area contributed by atoms with E-state index in [-0.39, 0.29) is 11.9 Å². The highest BCUT2D eigenvalue weighted by Gasteiger charge is 2.21. The fourth-order valence-corrected chi connectivity index (χ4v) is 4.08. The first-order valence-electron chi connectivity index (χ1n) is 14.3. The van der Waals surface area contributed by atoms with Gasteiger partial charge in [-0.15, -0.1) is 0 Å². The van der Waals surface area contributed by atoms with Gasteiger partial charge < -0.3 is 15.8 Å². The minimum Gasteiger partial charge on any atom is -0.464 e. The van der Waals surface area contributed by atoms with Crippen molar-refractivity contribution < 1.29 is 14.3 Å². The monoisotopic (exact) mass is 468 g/mol. The molecule has 1 amide bonds. The Labute approximate surface area is 205 Å². The van der Waals surface area contributed by atoms with Crippen LogP contribution in [0.5, 0.6) is 0 Å². The van der Waals surface area contributed by atoms with Gasteiger partial charge in [0.05, 0.1) is 6.61 Å². The van der Waals surface area contributed by atoms with Gasteiger partial charge in [-0.2, -0.15) is 0 Å². The molecule has 0 aromatic heterocycles. The Morgan fingerprint density at radius 1 is 0.667 bits per heavy atom. The van der Waals surface area contributed by atoms with Gasteiger partial charge in [0, 0.05) is 6.42 Å². The molecule has 1 atom stereocenters. The molecule has 0 aliphatic heterocycles. The van der Waals surface area contributed by atoms with Crippen molar-refractivity contribution in [2.45, 2.75) is 155 Å². The van der Waals surface area contributed by atoms with Crippen molar-refractivity contribution in [2.24, 2.45) is 5.73 Å². The second-order valence-electron chi connectivity index (χ2n) is 9.63. The fourth-order valence-electron chi connectivity index (χ4n) is 4.08. The van der Waals surface area contributed by atoms with Gasteiger partial charge in [0.15, 0.2) is 0 Å². The number of hydrogen-bond donors (Lipinski definition) is 2. The van der Waals surface area contributed by atoms with E-state index in [1.165, 1.54) is 83.5 Å². The van der Waals surface area contributed by atoms with E-state index in [9.17, 15) is 9.59 Å². The molecule has 0 fully saturated rings. The topological polar surface area (TPSA) is 81.4 Å². The lowest BCUT2D eigenvalue weighted by atomic mass is 10.0. The number of carbonyl (C=O) groups excluding carboxylic acids is 2. The second kappa shape index (κ2) is 25.5. The molecule has 196 valence electrons. The lowest BCUT2D eigenvalue weighted by Crippen LogP contribution is -2.42. The standard InChI is InChI=1S/C28H56N2O3/c1-3-5-7-8-9-10-11-12-13-14-15-16-17-18-19-23-27(31)30-26(22-20-21-24-29)28(32)33-25-6-4-2/h26H,3-25,29H2,1-2H3,(H,30,31). The molecule has 0 heterocycles. The van der Waals surface area contributed by atoms with Crippen LogP contribution >= 0.6 is 0 Å². The summed E-state index contributed by atoms with van der Waals surface area (Å²) in [4.78, 5) is 24.6. The molecule has 5 nitrogen and oxygen atoms in total. The number of unbranched alkanes of at least 4 members (excludes halogenated alkanes) is 16. The molecule has 33 heavy (non-hydrogen) atoms. The maximum absolute atomic E-state index is 12.3. The first-order valence-corrected chi connectivity index (χ1v) is 14.3. The zero-order chi connectivity index (χ0) is 24.4. The van der Waals surface area contributed by atoms with Crippen molar-refractivity contribution in [3.8, 4) is 0 Å². The van der Waals surface area contributed by atoms with Crippen LogP contribution in [0.3, 0.4) is 0 Å². The summed E-state index contributed by atoms with van der Waals surface area (Å²) in [6, 6.07) is -0.530. The van der Waals surface area contributed by atoms with Crippen LogP contribution in [0.2, 0.25) is 0 Å². The maximum atomic E-state index is 12.3. The second-order valence-corrected chi connectivity index (χ2v) is 9.63. The minimum absolute atomic E-state index is 0.0325. The normalized spacial score (nSPS) is 12.0. The van der Waals surface area contributed by atoms with E-state index >= 15 is 0 Å². The summed E-state index contributed by atoms with van der Waals surface area (Å²) in [5, 5.41) is 2.90. The van der Waals surface area contributed by atoms with Crippen molar-refractivity contribution >= 4 is 11.9 Å². The smallest absolute Gasteiger partial charge is 0.328 e. The number of hydrogen-bond acceptors (Lipinski definition) is 4. The van der Waals surface area contributed by atoms with Gasteiger partial charge in [0.2, 0.25) is 5.91 Å². The average molecular weight is 469 g/mol. The number of nitrogens with two attached hydrogens (primary N) is 1. The van der Waals surface area contributed by atoms with E-state index in [2.05, 4.69) is 19.2 Å².